The average molecular weight is 445 g/mol. The number of hydrogen-bond acceptors (Lipinski definition) is 6. The van der Waals surface area contributed by atoms with Crippen LogP contribution in [0.3, 0.4) is 0 Å². The van der Waals surface area contributed by atoms with E-state index < -0.39 is 34.5 Å². The number of aryl methyl sites for hydroxylation is 1. The van der Waals surface area contributed by atoms with Crippen molar-refractivity contribution in [1.29, 1.82) is 0 Å². The van der Waals surface area contributed by atoms with Gasteiger partial charge in [-0.05, 0) is 51.0 Å². The Labute approximate surface area is 181 Å². The number of ether oxygens (including phenoxy) is 1. The molecule has 9 heteroatoms. The first-order valence-corrected chi connectivity index (χ1v) is 11.3. The van der Waals surface area contributed by atoms with Gasteiger partial charge in [-0.2, -0.15) is 4.31 Å². The zero-order valence-corrected chi connectivity index (χ0v) is 18.1. The molecule has 1 heterocycles. The van der Waals surface area contributed by atoms with Gasteiger partial charge in [0.15, 0.2) is 12.4 Å². The molecule has 0 aliphatic carbocycles. The predicted molar refractivity (Wildman–Crippen MR) is 114 cm³/mol. The molecule has 2 aromatic carbocycles. The molecule has 0 radical (unpaired) electrons. The molecule has 3 rings (SSSR count). The highest BCUT2D eigenvalue weighted by molar-refractivity contribution is 7.89. The monoisotopic (exact) mass is 444 g/mol. The van der Waals surface area contributed by atoms with Crippen LogP contribution in [0.5, 0.6) is 0 Å². The van der Waals surface area contributed by atoms with E-state index in [1.54, 1.807) is 30.3 Å². The lowest BCUT2D eigenvalue weighted by molar-refractivity contribution is -0.150. The minimum atomic E-state index is -3.85. The number of amides is 1. The summed E-state index contributed by atoms with van der Waals surface area (Å²) in [4.78, 5) is 36.2. The molecule has 31 heavy (non-hydrogen) atoms. The van der Waals surface area contributed by atoms with Crippen LogP contribution in [0, 0.1) is 6.92 Å². The number of nitrogens with one attached hydrogen (secondary N) is 1. The Morgan fingerprint density at radius 1 is 1.13 bits per heavy atom. The molecule has 1 fully saturated rings. The van der Waals surface area contributed by atoms with Crippen LogP contribution in [-0.2, 0) is 24.3 Å². The van der Waals surface area contributed by atoms with Gasteiger partial charge in [0.1, 0.15) is 6.04 Å². The number of sulfonamides is 1. The number of hydrogen-bond donors (Lipinski definition) is 1. The number of carbonyl (C=O) groups excluding carboxylic acids is 3. The number of nitrogens with zero attached hydrogens (tertiary/aromatic N) is 1. The van der Waals surface area contributed by atoms with E-state index in [1.165, 1.54) is 25.1 Å². The molecule has 1 N–H and O–H groups in total. The second-order valence-corrected chi connectivity index (χ2v) is 9.27. The quantitative estimate of drug-likeness (QED) is 0.519. The van der Waals surface area contributed by atoms with Crippen LogP contribution in [0.4, 0.5) is 5.69 Å². The highest BCUT2D eigenvalue weighted by Gasteiger charge is 2.40. The van der Waals surface area contributed by atoms with Gasteiger partial charge in [0.25, 0.3) is 5.91 Å². The van der Waals surface area contributed by atoms with Gasteiger partial charge in [-0.3, -0.25) is 14.4 Å². The van der Waals surface area contributed by atoms with Crippen LogP contribution in [0.2, 0.25) is 0 Å². The van der Waals surface area contributed by atoms with E-state index in [-0.39, 0.29) is 17.2 Å². The van der Waals surface area contributed by atoms with E-state index in [0.29, 0.717) is 24.1 Å². The van der Waals surface area contributed by atoms with Crippen molar-refractivity contribution in [1.82, 2.24) is 4.31 Å². The van der Waals surface area contributed by atoms with E-state index >= 15 is 0 Å². The number of ketones is 1. The summed E-state index contributed by atoms with van der Waals surface area (Å²) in [6.45, 7) is 2.92. The summed E-state index contributed by atoms with van der Waals surface area (Å²) in [7, 11) is -3.85. The first kappa shape index (κ1) is 22.6. The fourth-order valence-electron chi connectivity index (χ4n) is 3.35. The smallest absolute Gasteiger partial charge is 0.324 e. The van der Waals surface area contributed by atoms with Crippen LogP contribution >= 0.6 is 0 Å². The number of rotatable bonds is 7. The zero-order valence-electron chi connectivity index (χ0n) is 17.3. The van der Waals surface area contributed by atoms with Gasteiger partial charge < -0.3 is 10.1 Å². The van der Waals surface area contributed by atoms with Gasteiger partial charge in [-0.1, -0.05) is 29.8 Å². The topological polar surface area (TPSA) is 110 Å². The summed E-state index contributed by atoms with van der Waals surface area (Å²) >= 11 is 0. The van der Waals surface area contributed by atoms with Gasteiger partial charge in [-0.25, -0.2) is 8.42 Å². The van der Waals surface area contributed by atoms with E-state index in [1.807, 2.05) is 6.92 Å². The predicted octanol–water partition coefficient (Wildman–Crippen LogP) is 2.53. The summed E-state index contributed by atoms with van der Waals surface area (Å²) in [5.74, 6) is -1.49. The van der Waals surface area contributed by atoms with Crippen molar-refractivity contribution in [3.05, 3.63) is 59.7 Å². The maximum Gasteiger partial charge on any atom is 0.324 e. The number of Topliss-reactive ketones (excluding diaryl/α,β-unsaturated/α-hetero) is 1. The summed E-state index contributed by atoms with van der Waals surface area (Å²) in [6.07, 6.45) is 0.848. The first-order chi connectivity index (χ1) is 14.7. The molecule has 1 amide bonds. The van der Waals surface area contributed by atoms with Gasteiger partial charge in [0.2, 0.25) is 10.0 Å². The van der Waals surface area contributed by atoms with E-state index in [2.05, 4.69) is 5.32 Å². The molecule has 1 unspecified atom stereocenters. The lowest BCUT2D eigenvalue weighted by atomic mass is 10.1. The van der Waals surface area contributed by atoms with E-state index in [9.17, 15) is 22.8 Å². The van der Waals surface area contributed by atoms with Crippen molar-refractivity contribution in [2.75, 3.05) is 18.5 Å². The summed E-state index contributed by atoms with van der Waals surface area (Å²) in [5, 5.41) is 2.56. The minimum Gasteiger partial charge on any atom is -0.454 e. The Bertz CT molecular complexity index is 1100. The zero-order chi connectivity index (χ0) is 22.6. The Morgan fingerprint density at radius 2 is 1.84 bits per heavy atom. The van der Waals surface area contributed by atoms with Gasteiger partial charge in [-0.15, -0.1) is 0 Å². The fourth-order valence-corrected chi connectivity index (χ4v) is 5.00. The maximum absolute atomic E-state index is 12.9. The molecule has 1 aliphatic heterocycles. The second-order valence-electron chi connectivity index (χ2n) is 7.38. The van der Waals surface area contributed by atoms with Crippen molar-refractivity contribution in [3.8, 4) is 0 Å². The Kier molecular flexibility index (Phi) is 6.87. The van der Waals surface area contributed by atoms with Crippen LogP contribution in [0.1, 0.15) is 35.7 Å². The molecule has 2 aromatic rings. The minimum absolute atomic E-state index is 0.112. The summed E-state index contributed by atoms with van der Waals surface area (Å²) in [5.41, 5.74) is 1.77. The van der Waals surface area contributed by atoms with Crippen molar-refractivity contribution in [2.24, 2.45) is 0 Å². The highest BCUT2D eigenvalue weighted by Crippen LogP contribution is 2.27. The molecule has 0 aromatic heterocycles. The molecular weight excluding hydrogens is 420 g/mol. The largest absolute Gasteiger partial charge is 0.454 e. The SMILES string of the molecule is CC(=O)c1cccc(NC(=O)COC(=O)C2CCCN2S(=O)(=O)c2ccc(C)cc2)c1. The molecule has 0 spiro atoms. The third kappa shape index (κ3) is 5.36. The van der Waals surface area contributed by atoms with Crippen molar-refractivity contribution in [3.63, 3.8) is 0 Å². The Hall–Kier alpha value is -3.04. The van der Waals surface area contributed by atoms with Crippen LogP contribution in [0.25, 0.3) is 0 Å². The molecule has 0 bridgehead atoms. The molecule has 1 saturated heterocycles. The average Bonchev–Trinajstić information content (AvgIpc) is 3.23. The lowest BCUT2D eigenvalue weighted by Crippen LogP contribution is -2.42. The Balaban J connectivity index is 1.62. The van der Waals surface area contributed by atoms with Crippen molar-refractivity contribution >= 4 is 33.4 Å². The van der Waals surface area contributed by atoms with Gasteiger partial charge >= 0.3 is 5.97 Å². The standard InChI is InChI=1S/C22H24N2O6S/c1-15-8-10-19(11-9-15)31(28,29)24-12-4-7-20(24)22(27)30-14-21(26)23-18-6-3-5-17(13-18)16(2)25/h3,5-6,8-11,13,20H,4,7,12,14H2,1-2H3,(H,23,26). The normalized spacial score (nSPS) is 16.6. The summed E-state index contributed by atoms with van der Waals surface area (Å²) in [6, 6.07) is 11.8. The van der Waals surface area contributed by atoms with E-state index in [0.717, 1.165) is 9.87 Å². The lowest BCUT2D eigenvalue weighted by Gasteiger charge is -2.22. The molecule has 1 atom stereocenters. The van der Waals surface area contributed by atoms with Gasteiger partial charge in [0.05, 0.1) is 4.90 Å². The summed E-state index contributed by atoms with van der Waals surface area (Å²) < 4.78 is 32.1. The van der Waals surface area contributed by atoms with Crippen molar-refractivity contribution < 1.29 is 27.5 Å². The Morgan fingerprint density at radius 3 is 2.52 bits per heavy atom. The van der Waals surface area contributed by atoms with Crippen molar-refractivity contribution in [2.45, 2.75) is 37.6 Å². The third-order valence-electron chi connectivity index (χ3n) is 5.00. The van der Waals surface area contributed by atoms with Gasteiger partial charge in [0, 0.05) is 17.8 Å². The molecule has 0 saturated carbocycles. The third-order valence-corrected chi connectivity index (χ3v) is 6.92. The first-order valence-electron chi connectivity index (χ1n) is 9.84. The van der Waals surface area contributed by atoms with Crippen LogP contribution < -0.4 is 5.32 Å². The van der Waals surface area contributed by atoms with Crippen LogP contribution in [-0.4, -0.2) is 49.6 Å². The molecule has 8 nitrogen and oxygen atoms in total. The highest BCUT2D eigenvalue weighted by atomic mass is 32.2. The molecular formula is C22H24N2O6S. The fraction of sp³-hybridized carbons (Fsp3) is 0.318. The maximum atomic E-state index is 12.9. The number of benzene rings is 2. The number of esters is 1. The number of anilines is 1. The second kappa shape index (κ2) is 9.40. The molecule has 1 aliphatic rings. The number of carbonyl (C=O) groups is 3. The molecule has 164 valence electrons. The van der Waals surface area contributed by atoms with Crippen LogP contribution in [0.15, 0.2) is 53.4 Å². The van der Waals surface area contributed by atoms with E-state index in [4.69, 9.17) is 4.74 Å².